The first-order chi connectivity index (χ1) is 14.5. The predicted octanol–water partition coefficient (Wildman–Crippen LogP) is 4.32. The Hall–Kier alpha value is -2.52. The fourth-order valence-corrected chi connectivity index (χ4v) is 5.01. The van der Waals surface area contributed by atoms with E-state index in [0.717, 1.165) is 33.7 Å². The van der Waals surface area contributed by atoms with E-state index in [0.29, 0.717) is 5.16 Å². The van der Waals surface area contributed by atoms with Gasteiger partial charge in [0.1, 0.15) is 16.8 Å². The molecule has 0 saturated carbocycles. The number of carbonyl (C=O) groups excluding carboxylic acids is 1. The third kappa shape index (κ3) is 4.04. The van der Waals surface area contributed by atoms with Gasteiger partial charge in [-0.3, -0.25) is 4.79 Å². The molecule has 7 nitrogen and oxygen atoms in total. The Balaban J connectivity index is 1.65. The van der Waals surface area contributed by atoms with E-state index in [1.54, 1.807) is 7.11 Å². The molecule has 2 atom stereocenters. The molecule has 1 aliphatic rings. The first kappa shape index (κ1) is 20.7. The second kappa shape index (κ2) is 8.69. The Bertz CT molecular complexity index is 1070. The lowest BCUT2D eigenvalue weighted by Crippen LogP contribution is -2.41. The van der Waals surface area contributed by atoms with Gasteiger partial charge < -0.3 is 15.5 Å². The fraction of sp³-hybridized carbons (Fsp3) is 0.286. The zero-order valence-electron chi connectivity index (χ0n) is 16.8. The van der Waals surface area contributed by atoms with Gasteiger partial charge >= 0.3 is 0 Å². The number of methoxy groups -OCH3 is 1. The summed E-state index contributed by atoms with van der Waals surface area (Å²) in [5.41, 5.74) is 6.37. The molecule has 156 valence electrons. The van der Waals surface area contributed by atoms with Crippen molar-refractivity contribution in [3.8, 4) is 5.75 Å². The van der Waals surface area contributed by atoms with E-state index in [-0.39, 0.29) is 11.9 Å². The van der Waals surface area contributed by atoms with Crippen LogP contribution in [0.5, 0.6) is 5.75 Å². The summed E-state index contributed by atoms with van der Waals surface area (Å²) in [4.78, 5) is 13.3. The van der Waals surface area contributed by atoms with Crippen molar-refractivity contribution < 1.29 is 9.53 Å². The molecule has 0 fully saturated rings. The smallest absolute Gasteiger partial charge is 0.240 e. The molecular formula is C21H22BrN5O2S. The van der Waals surface area contributed by atoms with E-state index >= 15 is 0 Å². The van der Waals surface area contributed by atoms with Crippen molar-refractivity contribution in [1.82, 2.24) is 14.9 Å². The van der Waals surface area contributed by atoms with E-state index in [9.17, 15) is 4.79 Å². The number of amides is 1. The summed E-state index contributed by atoms with van der Waals surface area (Å²) in [5, 5.41) is 11.6. The molecule has 0 spiro atoms. The average molecular weight is 488 g/mol. The number of aromatic nitrogens is 3. The molecule has 9 heteroatoms. The van der Waals surface area contributed by atoms with Crippen LogP contribution in [0.15, 0.2) is 52.1 Å². The highest BCUT2D eigenvalue weighted by Gasteiger charge is 2.37. The van der Waals surface area contributed by atoms with E-state index in [1.165, 1.54) is 17.3 Å². The Kier molecular flexibility index (Phi) is 6.01. The third-order valence-electron chi connectivity index (χ3n) is 5.02. The summed E-state index contributed by atoms with van der Waals surface area (Å²) in [6.45, 7) is 3.98. The molecular weight excluding hydrogens is 466 g/mol. The zero-order chi connectivity index (χ0) is 21.3. The van der Waals surface area contributed by atoms with Crippen LogP contribution in [0.2, 0.25) is 0 Å². The number of fused-ring (bicyclic) bond motifs is 1. The van der Waals surface area contributed by atoms with Gasteiger partial charge in [-0.05, 0) is 64.7 Å². The van der Waals surface area contributed by atoms with Crippen molar-refractivity contribution in [2.45, 2.75) is 36.7 Å². The Morgan fingerprint density at radius 1 is 1.27 bits per heavy atom. The standard InChI is InChI=1S/C21H22BrN5O2S/c1-4-13-5-8-15(9-6-13)23-20(28)19-18(14-7-10-17(29-3)16(22)11-14)26-27-12(2)24-25-21(27)30-19/h5-11,18-19,26H,4H2,1-3H3,(H,23,28)/t18-,19-/m0/s1. The zero-order valence-corrected chi connectivity index (χ0v) is 19.3. The maximum atomic E-state index is 13.3. The Morgan fingerprint density at radius 2 is 2.03 bits per heavy atom. The highest BCUT2D eigenvalue weighted by molar-refractivity contribution is 9.10. The molecule has 3 aromatic rings. The van der Waals surface area contributed by atoms with Crippen LogP contribution in [0.3, 0.4) is 0 Å². The number of benzene rings is 2. The van der Waals surface area contributed by atoms with Crippen LogP contribution in [0.25, 0.3) is 0 Å². The highest BCUT2D eigenvalue weighted by Crippen LogP contribution is 2.39. The van der Waals surface area contributed by atoms with Crippen LogP contribution in [0, 0.1) is 6.92 Å². The molecule has 0 saturated heterocycles. The van der Waals surface area contributed by atoms with E-state index in [4.69, 9.17) is 4.74 Å². The van der Waals surface area contributed by atoms with Crippen molar-refractivity contribution in [1.29, 1.82) is 0 Å². The average Bonchev–Trinajstić information content (AvgIpc) is 3.13. The molecule has 2 heterocycles. The van der Waals surface area contributed by atoms with Crippen LogP contribution in [-0.2, 0) is 11.2 Å². The molecule has 2 aromatic carbocycles. The number of nitrogens with zero attached hydrogens (tertiary/aromatic N) is 3. The van der Waals surface area contributed by atoms with Crippen LogP contribution in [0.4, 0.5) is 5.69 Å². The molecule has 4 rings (SSSR count). The minimum atomic E-state index is -0.438. The van der Waals surface area contributed by atoms with Gasteiger partial charge in [0.15, 0.2) is 0 Å². The summed E-state index contributed by atoms with van der Waals surface area (Å²) in [6, 6.07) is 13.5. The molecule has 0 bridgehead atoms. The number of anilines is 1. The van der Waals surface area contributed by atoms with Gasteiger partial charge in [-0.2, -0.15) is 0 Å². The summed E-state index contributed by atoms with van der Waals surface area (Å²) in [7, 11) is 1.63. The molecule has 30 heavy (non-hydrogen) atoms. The molecule has 1 aromatic heterocycles. The number of hydrogen-bond donors (Lipinski definition) is 2. The number of carbonyl (C=O) groups is 1. The second-order valence-corrected chi connectivity index (χ2v) is 8.91. The minimum absolute atomic E-state index is 0.0967. The molecule has 0 aliphatic carbocycles. The minimum Gasteiger partial charge on any atom is -0.496 e. The number of ether oxygens (including phenoxy) is 1. The van der Waals surface area contributed by atoms with Gasteiger partial charge in [0, 0.05) is 5.69 Å². The normalized spacial score (nSPS) is 17.7. The van der Waals surface area contributed by atoms with Gasteiger partial charge in [-0.15, -0.1) is 10.2 Å². The van der Waals surface area contributed by atoms with Crippen molar-refractivity contribution >= 4 is 39.3 Å². The maximum Gasteiger partial charge on any atom is 0.240 e. The Labute approximate surface area is 187 Å². The number of thioether (sulfide) groups is 1. The molecule has 1 amide bonds. The number of rotatable bonds is 5. The van der Waals surface area contributed by atoms with E-state index in [2.05, 4.69) is 43.8 Å². The quantitative estimate of drug-likeness (QED) is 0.557. The fourth-order valence-electron chi connectivity index (χ4n) is 3.32. The van der Waals surface area contributed by atoms with Gasteiger partial charge in [0.2, 0.25) is 11.1 Å². The van der Waals surface area contributed by atoms with Crippen LogP contribution in [-0.4, -0.2) is 33.1 Å². The Morgan fingerprint density at radius 3 is 2.70 bits per heavy atom. The third-order valence-corrected chi connectivity index (χ3v) is 6.86. The summed E-state index contributed by atoms with van der Waals surface area (Å²) in [6.07, 6.45) is 0.958. The monoisotopic (exact) mass is 487 g/mol. The lowest BCUT2D eigenvalue weighted by molar-refractivity contribution is -0.116. The maximum absolute atomic E-state index is 13.3. The van der Waals surface area contributed by atoms with Gasteiger partial charge in [-0.25, -0.2) is 4.68 Å². The van der Waals surface area contributed by atoms with Crippen molar-refractivity contribution in [2.75, 3.05) is 17.9 Å². The van der Waals surface area contributed by atoms with Crippen molar-refractivity contribution in [3.63, 3.8) is 0 Å². The molecule has 0 radical (unpaired) electrons. The van der Waals surface area contributed by atoms with Crippen LogP contribution in [0.1, 0.15) is 29.9 Å². The summed E-state index contributed by atoms with van der Waals surface area (Å²) in [5.74, 6) is 1.38. The van der Waals surface area contributed by atoms with E-state index in [1.807, 2.05) is 54.1 Å². The van der Waals surface area contributed by atoms with Gasteiger partial charge in [0.25, 0.3) is 0 Å². The topological polar surface area (TPSA) is 81.1 Å². The van der Waals surface area contributed by atoms with E-state index < -0.39 is 5.25 Å². The van der Waals surface area contributed by atoms with Gasteiger partial charge in [-0.1, -0.05) is 36.9 Å². The first-order valence-corrected chi connectivity index (χ1v) is 11.3. The largest absolute Gasteiger partial charge is 0.496 e. The highest BCUT2D eigenvalue weighted by atomic mass is 79.9. The summed E-state index contributed by atoms with van der Waals surface area (Å²) < 4.78 is 8.00. The summed E-state index contributed by atoms with van der Waals surface area (Å²) >= 11 is 4.95. The number of hydrogen-bond acceptors (Lipinski definition) is 6. The lowest BCUT2D eigenvalue weighted by atomic mass is 10.0. The van der Waals surface area contributed by atoms with Crippen molar-refractivity contribution in [3.05, 3.63) is 63.9 Å². The number of aryl methyl sites for hydroxylation is 2. The SMILES string of the molecule is CCc1ccc(NC(=O)[C@H]2Sc3nnc(C)n3N[C@H]2c2ccc(OC)c(Br)c2)cc1. The lowest BCUT2D eigenvalue weighted by Gasteiger charge is -2.33. The van der Waals surface area contributed by atoms with Gasteiger partial charge in [0.05, 0.1) is 17.6 Å². The van der Waals surface area contributed by atoms with Crippen molar-refractivity contribution in [2.24, 2.45) is 0 Å². The molecule has 1 aliphatic heterocycles. The number of nitrogens with one attached hydrogen (secondary N) is 2. The second-order valence-electron chi connectivity index (χ2n) is 6.94. The predicted molar refractivity (Wildman–Crippen MR) is 122 cm³/mol. The molecule has 2 N–H and O–H groups in total. The first-order valence-electron chi connectivity index (χ1n) is 9.58. The van der Waals surface area contributed by atoms with Crippen LogP contribution < -0.4 is 15.5 Å². The van der Waals surface area contributed by atoms with Crippen LogP contribution >= 0.6 is 27.7 Å². The molecule has 0 unspecified atom stereocenters. The number of halogens is 1.